The monoisotopic (exact) mass is 293 g/mol. The van der Waals surface area contributed by atoms with E-state index in [2.05, 4.69) is 46.3 Å². The van der Waals surface area contributed by atoms with E-state index in [0.29, 0.717) is 0 Å². The Labute approximate surface area is 110 Å². The summed E-state index contributed by atoms with van der Waals surface area (Å²) in [5.41, 5.74) is 8.19. The molecule has 0 aliphatic heterocycles. The Morgan fingerprint density at radius 1 is 1.35 bits per heavy atom. The van der Waals surface area contributed by atoms with Gasteiger partial charge < -0.3 is 5.43 Å². The van der Waals surface area contributed by atoms with Crippen LogP contribution in [0.5, 0.6) is 0 Å². The van der Waals surface area contributed by atoms with Crippen molar-refractivity contribution in [1.29, 1.82) is 0 Å². The van der Waals surface area contributed by atoms with E-state index in [1.165, 1.54) is 11.1 Å². The third-order valence-electron chi connectivity index (χ3n) is 3.10. The van der Waals surface area contributed by atoms with Gasteiger partial charge in [-0.15, -0.1) is 0 Å². The SMILES string of the molecule is CCc1c(C)nc2c(Br)ccc(C)c2c1NN. The Morgan fingerprint density at radius 3 is 2.65 bits per heavy atom. The minimum absolute atomic E-state index is 0.917. The van der Waals surface area contributed by atoms with Gasteiger partial charge in [-0.25, -0.2) is 0 Å². The molecule has 0 amide bonds. The predicted octanol–water partition coefficient (Wildman–Crippen LogP) is 3.46. The number of hydrogen-bond donors (Lipinski definition) is 2. The van der Waals surface area contributed by atoms with Crippen LogP contribution in [0.4, 0.5) is 5.69 Å². The van der Waals surface area contributed by atoms with Crippen molar-refractivity contribution in [3.8, 4) is 0 Å². The number of pyridine rings is 1. The first-order valence-corrected chi connectivity index (χ1v) is 6.44. The topological polar surface area (TPSA) is 50.9 Å². The normalized spacial score (nSPS) is 10.9. The maximum absolute atomic E-state index is 5.69. The van der Waals surface area contributed by atoms with E-state index in [1.54, 1.807) is 0 Å². The average molecular weight is 294 g/mol. The second kappa shape index (κ2) is 4.63. The number of fused-ring (bicyclic) bond motifs is 1. The lowest BCUT2D eigenvalue weighted by atomic mass is 10.0. The highest BCUT2D eigenvalue weighted by atomic mass is 79.9. The highest BCUT2D eigenvalue weighted by molar-refractivity contribution is 9.10. The standard InChI is InChI=1S/C13H16BrN3/c1-4-9-8(3)16-13-10(14)6-5-7(2)11(13)12(9)17-15/h5-6H,4,15H2,1-3H3,(H,16,17). The van der Waals surface area contributed by atoms with Gasteiger partial charge in [0.25, 0.3) is 0 Å². The fourth-order valence-corrected chi connectivity index (χ4v) is 2.67. The molecular formula is C13H16BrN3. The summed E-state index contributed by atoms with van der Waals surface area (Å²) >= 11 is 3.54. The first-order chi connectivity index (χ1) is 8.10. The summed E-state index contributed by atoms with van der Waals surface area (Å²) in [7, 11) is 0. The molecule has 1 heterocycles. The summed E-state index contributed by atoms with van der Waals surface area (Å²) in [5, 5.41) is 1.10. The van der Waals surface area contributed by atoms with Gasteiger partial charge in [-0.05, 0) is 53.4 Å². The first-order valence-electron chi connectivity index (χ1n) is 5.65. The molecule has 3 N–H and O–H groups in total. The molecule has 2 aromatic rings. The maximum Gasteiger partial charge on any atom is 0.0871 e. The molecule has 1 aromatic heterocycles. The van der Waals surface area contributed by atoms with E-state index in [0.717, 1.165) is 33.2 Å². The summed E-state index contributed by atoms with van der Waals surface area (Å²) < 4.78 is 1.00. The van der Waals surface area contributed by atoms with E-state index >= 15 is 0 Å². The van der Waals surface area contributed by atoms with E-state index in [1.807, 2.05) is 13.0 Å². The average Bonchev–Trinajstić information content (AvgIpc) is 2.32. The molecule has 0 saturated carbocycles. The fraction of sp³-hybridized carbons (Fsp3) is 0.308. The fourth-order valence-electron chi connectivity index (χ4n) is 2.25. The molecule has 0 aliphatic carbocycles. The van der Waals surface area contributed by atoms with Crippen LogP contribution in [0.15, 0.2) is 16.6 Å². The molecule has 17 heavy (non-hydrogen) atoms. The van der Waals surface area contributed by atoms with E-state index in [4.69, 9.17) is 5.84 Å². The van der Waals surface area contributed by atoms with Crippen molar-refractivity contribution in [3.05, 3.63) is 33.4 Å². The zero-order valence-corrected chi connectivity index (χ0v) is 11.9. The largest absolute Gasteiger partial charge is 0.323 e. The number of aromatic nitrogens is 1. The van der Waals surface area contributed by atoms with Crippen LogP contribution in [0.1, 0.15) is 23.7 Å². The molecule has 0 bridgehead atoms. The molecule has 90 valence electrons. The molecule has 0 atom stereocenters. The predicted molar refractivity (Wildman–Crippen MR) is 76.1 cm³/mol. The van der Waals surface area contributed by atoms with Crippen LogP contribution in [-0.2, 0) is 6.42 Å². The number of nitrogens with one attached hydrogen (secondary N) is 1. The van der Waals surface area contributed by atoms with Gasteiger partial charge in [0, 0.05) is 15.6 Å². The van der Waals surface area contributed by atoms with Crippen LogP contribution in [0.2, 0.25) is 0 Å². The van der Waals surface area contributed by atoms with Gasteiger partial charge in [0.2, 0.25) is 0 Å². The van der Waals surface area contributed by atoms with Crippen molar-refractivity contribution in [2.45, 2.75) is 27.2 Å². The molecule has 2 rings (SSSR count). The van der Waals surface area contributed by atoms with Crippen molar-refractivity contribution in [2.75, 3.05) is 5.43 Å². The van der Waals surface area contributed by atoms with Crippen LogP contribution in [0.25, 0.3) is 10.9 Å². The summed E-state index contributed by atoms with van der Waals surface area (Å²) in [5.74, 6) is 5.69. The summed E-state index contributed by atoms with van der Waals surface area (Å²) in [4.78, 5) is 4.67. The van der Waals surface area contributed by atoms with Crippen LogP contribution < -0.4 is 11.3 Å². The summed E-state index contributed by atoms with van der Waals surface area (Å²) in [6.07, 6.45) is 0.917. The Bertz CT molecular complexity index is 579. The molecule has 1 aromatic carbocycles. The third kappa shape index (κ3) is 1.91. The number of nitrogens with two attached hydrogens (primary N) is 1. The van der Waals surface area contributed by atoms with Crippen LogP contribution in [0, 0.1) is 13.8 Å². The van der Waals surface area contributed by atoms with Crippen LogP contribution >= 0.6 is 15.9 Å². The van der Waals surface area contributed by atoms with Crippen molar-refractivity contribution >= 4 is 32.5 Å². The lowest BCUT2D eigenvalue weighted by Crippen LogP contribution is -2.12. The van der Waals surface area contributed by atoms with Crippen molar-refractivity contribution in [1.82, 2.24) is 4.98 Å². The van der Waals surface area contributed by atoms with Gasteiger partial charge in [0.15, 0.2) is 0 Å². The van der Waals surface area contributed by atoms with Crippen LogP contribution in [-0.4, -0.2) is 4.98 Å². The molecule has 0 saturated heterocycles. The minimum atomic E-state index is 0.917. The summed E-state index contributed by atoms with van der Waals surface area (Å²) in [6, 6.07) is 4.10. The zero-order valence-electron chi connectivity index (χ0n) is 10.3. The van der Waals surface area contributed by atoms with Gasteiger partial charge in [-0.3, -0.25) is 10.8 Å². The van der Waals surface area contributed by atoms with Gasteiger partial charge in [0.1, 0.15) is 0 Å². The van der Waals surface area contributed by atoms with E-state index in [-0.39, 0.29) is 0 Å². The Morgan fingerprint density at radius 2 is 2.06 bits per heavy atom. The molecule has 0 aliphatic rings. The third-order valence-corrected chi connectivity index (χ3v) is 3.74. The molecular weight excluding hydrogens is 278 g/mol. The number of rotatable bonds is 2. The molecule has 0 spiro atoms. The Balaban J connectivity index is 2.98. The number of hydrogen-bond acceptors (Lipinski definition) is 3. The lowest BCUT2D eigenvalue weighted by molar-refractivity contribution is 1.06. The first kappa shape index (κ1) is 12.3. The molecule has 0 fully saturated rings. The zero-order chi connectivity index (χ0) is 12.6. The van der Waals surface area contributed by atoms with Gasteiger partial charge in [0.05, 0.1) is 11.2 Å². The summed E-state index contributed by atoms with van der Waals surface area (Å²) in [6.45, 7) is 6.21. The number of benzene rings is 1. The van der Waals surface area contributed by atoms with E-state index in [9.17, 15) is 0 Å². The number of nitrogen functional groups attached to an aromatic ring is 1. The molecule has 0 radical (unpaired) electrons. The van der Waals surface area contributed by atoms with Gasteiger partial charge in [-0.1, -0.05) is 13.0 Å². The van der Waals surface area contributed by atoms with Crippen molar-refractivity contribution in [2.24, 2.45) is 5.84 Å². The maximum atomic E-state index is 5.69. The van der Waals surface area contributed by atoms with E-state index < -0.39 is 0 Å². The smallest absolute Gasteiger partial charge is 0.0871 e. The Kier molecular flexibility index (Phi) is 3.35. The van der Waals surface area contributed by atoms with Crippen molar-refractivity contribution in [3.63, 3.8) is 0 Å². The number of hydrazine groups is 1. The number of aryl methyl sites for hydroxylation is 2. The van der Waals surface area contributed by atoms with Crippen LogP contribution in [0.3, 0.4) is 0 Å². The molecule has 3 nitrogen and oxygen atoms in total. The minimum Gasteiger partial charge on any atom is -0.323 e. The second-order valence-corrected chi connectivity index (χ2v) is 4.99. The van der Waals surface area contributed by atoms with Crippen molar-refractivity contribution < 1.29 is 0 Å². The van der Waals surface area contributed by atoms with Gasteiger partial charge in [-0.2, -0.15) is 0 Å². The number of nitrogens with zero attached hydrogens (tertiary/aromatic N) is 1. The molecule has 4 heteroatoms. The quantitative estimate of drug-likeness (QED) is 0.658. The lowest BCUT2D eigenvalue weighted by Gasteiger charge is -2.16. The number of halogens is 1. The highest BCUT2D eigenvalue weighted by Gasteiger charge is 2.14. The highest BCUT2D eigenvalue weighted by Crippen LogP contribution is 2.34. The number of anilines is 1. The molecule has 0 unspecified atom stereocenters. The van der Waals surface area contributed by atoms with Gasteiger partial charge >= 0.3 is 0 Å². The second-order valence-electron chi connectivity index (χ2n) is 4.14. The Hall–Kier alpha value is -1.13.